The third kappa shape index (κ3) is 5.32. The van der Waals surface area contributed by atoms with E-state index < -0.39 is 27.5 Å². The number of nitrogens with zero attached hydrogens (tertiary/aromatic N) is 4. The Morgan fingerprint density at radius 1 is 1.11 bits per heavy atom. The van der Waals surface area contributed by atoms with Crippen LogP contribution in [0.4, 0.5) is 4.39 Å². The number of rotatable bonds is 8. The molecule has 0 unspecified atom stereocenters. The molecule has 35 heavy (non-hydrogen) atoms. The van der Waals surface area contributed by atoms with Gasteiger partial charge in [-0.2, -0.15) is 5.10 Å². The lowest BCUT2D eigenvalue weighted by Crippen LogP contribution is -2.23. The quantitative estimate of drug-likeness (QED) is 0.367. The fraction of sp³-hybridized carbons (Fsp3) is 0.174. The van der Waals surface area contributed by atoms with Gasteiger partial charge in [0.1, 0.15) is 5.82 Å². The zero-order valence-electron chi connectivity index (χ0n) is 18.5. The van der Waals surface area contributed by atoms with E-state index in [1.807, 2.05) is 0 Å². The number of ether oxygens (including phenoxy) is 1. The molecule has 0 atom stereocenters. The Bertz CT molecular complexity index is 1500. The van der Waals surface area contributed by atoms with E-state index in [0.717, 1.165) is 0 Å². The second-order valence-electron chi connectivity index (χ2n) is 7.48. The Hall–Kier alpha value is -4.19. The molecular formula is C23H20FN5O5S. The molecule has 0 saturated heterocycles. The second-order valence-corrected chi connectivity index (χ2v) is 9.54. The molecule has 0 saturated carbocycles. The van der Waals surface area contributed by atoms with Crippen molar-refractivity contribution in [2.75, 3.05) is 12.9 Å². The van der Waals surface area contributed by atoms with Crippen molar-refractivity contribution in [1.29, 1.82) is 0 Å². The third-order valence-electron chi connectivity index (χ3n) is 5.19. The molecule has 1 amide bonds. The number of amides is 1. The van der Waals surface area contributed by atoms with Gasteiger partial charge in [0.05, 0.1) is 48.4 Å². The summed E-state index contributed by atoms with van der Waals surface area (Å²) >= 11 is 0. The van der Waals surface area contributed by atoms with Gasteiger partial charge in [-0.1, -0.05) is 0 Å². The maximum atomic E-state index is 13.3. The molecule has 3 aromatic heterocycles. The minimum atomic E-state index is -3.80. The maximum absolute atomic E-state index is 13.3. The van der Waals surface area contributed by atoms with Crippen molar-refractivity contribution in [3.63, 3.8) is 0 Å². The first-order chi connectivity index (χ1) is 16.8. The molecule has 4 aromatic rings. The molecule has 0 aliphatic rings. The number of sulfone groups is 1. The SMILES string of the molecule is COC(=O)CCS(=O)(=O)c1cc(CNC(=O)c2cncc3c2cnn3-c2ccc(F)cc2)ccn1. The lowest BCUT2D eigenvalue weighted by Gasteiger charge is -2.08. The molecule has 10 nitrogen and oxygen atoms in total. The fourth-order valence-corrected chi connectivity index (χ4v) is 4.54. The van der Waals surface area contributed by atoms with E-state index in [-0.39, 0.29) is 29.4 Å². The summed E-state index contributed by atoms with van der Waals surface area (Å²) in [5, 5.41) is 7.38. The summed E-state index contributed by atoms with van der Waals surface area (Å²) in [6.07, 6.45) is 5.51. The van der Waals surface area contributed by atoms with E-state index in [2.05, 4.69) is 25.1 Å². The molecule has 1 aromatic carbocycles. The van der Waals surface area contributed by atoms with Crippen LogP contribution in [0.15, 0.2) is 66.2 Å². The van der Waals surface area contributed by atoms with E-state index in [4.69, 9.17) is 0 Å². The molecule has 0 radical (unpaired) electrons. The van der Waals surface area contributed by atoms with Crippen LogP contribution in [0.1, 0.15) is 22.3 Å². The van der Waals surface area contributed by atoms with Crippen molar-refractivity contribution < 1.29 is 27.1 Å². The van der Waals surface area contributed by atoms with Crippen molar-refractivity contribution >= 4 is 32.6 Å². The van der Waals surface area contributed by atoms with Crippen LogP contribution < -0.4 is 5.32 Å². The zero-order chi connectivity index (χ0) is 25.0. The Morgan fingerprint density at radius 2 is 1.89 bits per heavy atom. The van der Waals surface area contributed by atoms with Gasteiger partial charge < -0.3 is 10.1 Å². The van der Waals surface area contributed by atoms with E-state index >= 15 is 0 Å². The monoisotopic (exact) mass is 497 g/mol. The molecule has 0 aliphatic carbocycles. The van der Waals surface area contributed by atoms with E-state index in [1.54, 1.807) is 29.1 Å². The summed E-state index contributed by atoms with van der Waals surface area (Å²) in [4.78, 5) is 32.2. The van der Waals surface area contributed by atoms with Gasteiger partial charge in [-0.25, -0.2) is 22.5 Å². The predicted octanol–water partition coefficient (Wildman–Crippen LogP) is 2.22. The summed E-state index contributed by atoms with van der Waals surface area (Å²) in [5.41, 5.74) is 1.95. The van der Waals surface area contributed by atoms with Crippen LogP contribution in [0.2, 0.25) is 0 Å². The van der Waals surface area contributed by atoms with Gasteiger partial charge in [-0.05, 0) is 42.0 Å². The van der Waals surface area contributed by atoms with Crippen molar-refractivity contribution in [1.82, 2.24) is 25.1 Å². The first kappa shape index (κ1) is 24.0. The number of carbonyl (C=O) groups excluding carboxylic acids is 2. The Balaban J connectivity index is 1.50. The Kier molecular flexibility index (Phi) is 6.82. The van der Waals surface area contributed by atoms with E-state index in [0.29, 0.717) is 22.2 Å². The van der Waals surface area contributed by atoms with Crippen LogP contribution >= 0.6 is 0 Å². The largest absolute Gasteiger partial charge is 0.469 e. The summed E-state index contributed by atoms with van der Waals surface area (Å²) in [6, 6.07) is 8.67. The number of benzene rings is 1. The smallest absolute Gasteiger partial charge is 0.306 e. The minimum Gasteiger partial charge on any atom is -0.469 e. The molecule has 4 rings (SSSR count). The van der Waals surface area contributed by atoms with E-state index in [1.165, 1.54) is 43.9 Å². The Morgan fingerprint density at radius 3 is 2.63 bits per heavy atom. The first-order valence-electron chi connectivity index (χ1n) is 10.4. The van der Waals surface area contributed by atoms with Gasteiger partial charge in [0.25, 0.3) is 5.91 Å². The van der Waals surface area contributed by atoms with Gasteiger partial charge in [0.2, 0.25) is 0 Å². The lowest BCUT2D eigenvalue weighted by molar-refractivity contribution is -0.140. The van der Waals surface area contributed by atoms with E-state index in [9.17, 15) is 22.4 Å². The number of halogens is 1. The van der Waals surface area contributed by atoms with Gasteiger partial charge in [-0.3, -0.25) is 14.6 Å². The van der Waals surface area contributed by atoms with Crippen LogP contribution in [-0.2, 0) is 25.9 Å². The van der Waals surface area contributed by atoms with Crippen molar-refractivity contribution in [2.45, 2.75) is 18.0 Å². The summed E-state index contributed by atoms with van der Waals surface area (Å²) in [6.45, 7) is 0.0311. The predicted molar refractivity (Wildman–Crippen MR) is 123 cm³/mol. The zero-order valence-corrected chi connectivity index (χ0v) is 19.3. The summed E-state index contributed by atoms with van der Waals surface area (Å²) < 4.78 is 44.2. The van der Waals surface area contributed by atoms with Crippen LogP contribution in [0.25, 0.3) is 16.6 Å². The van der Waals surface area contributed by atoms with Gasteiger partial charge in [-0.15, -0.1) is 0 Å². The molecule has 12 heteroatoms. The number of pyridine rings is 2. The number of methoxy groups -OCH3 is 1. The number of esters is 1. The number of hydrogen-bond acceptors (Lipinski definition) is 8. The molecule has 0 aliphatic heterocycles. The fourth-order valence-electron chi connectivity index (χ4n) is 3.34. The topological polar surface area (TPSA) is 133 Å². The number of fused-ring (bicyclic) bond motifs is 1. The highest BCUT2D eigenvalue weighted by Crippen LogP contribution is 2.21. The molecule has 3 heterocycles. The molecule has 0 bridgehead atoms. The molecule has 0 fully saturated rings. The lowest BCUT2D eigenvalue weighted by atomic mass is 10.1. The Labute approximate surface area is 199 Å². The molecule has 180 valence electrons. The van der Waals surface area contributed by atoms with Crippen LogP contribution in [0.3, 0.4) is 0 Å². The maximum Gasteiger partial charge on any atom is 0.306 e. The highest BCUT2D eigenvalue weighted by molar-refractivity contribution is 7.91. The average molecular weight is 498 g/mol. The van der Waals surface area contributed by atoms with Crippen molar-refractivity contribution in [3.8, 4) is 5.69 Å². The second kappa shape index (κ2) is 9.97. The number of aromatic nitrogens is 4. The summed E-state index contributed by atoms with van der Waals surface area (Å²) in [5.74, 6) is -1.89. The van der Waals surface area contributed by atoms with Gasteiger partial charge >= 0.3 is 5.97 Å². The molecular weight excluding hydrogens is 477 g/mol. The highest BCUT2D eigenvalue weighted by Gasteiger charge is 2.19. The average Bonchev–Trinajstić information content (AvgIpc) is 3.31. The highest BCUT2D eigenvalue weighted by atomic mass is 32.2. The molecule has 1 N–H and O–H groups in total. The number of nitrogens with one attached hydrogen (secondary N) is 1. The number of hydrogen-bond donors (Lipinski definition) is 1. The minimum absolute atomic E-state index is 0.0311. The van der Waals surface area contributed by atoms with Gasteiger partial charge in [0.15, 0.2) is 14.9 Å². The molecule has 0 spiro atoms. The van der Waals surface area contributed by atoms with Crippen molar-refractivity contribution in [3.05, 3.63) is 78.1 Å². The standard InChI is InChI=1S/C23H20FN5O5S/c1-34-22(30)7-9-35(32,33)21-10-15(6-8-26-21)11-27-23(31)19-12-25-14-20-18(19)13-28-29(20)17-4-2-16(24)3-5-17/h2-6,8,10,12-14H,7,9,11H2,1H3,(H,27,31). The van der Waals surface area contributed by atoms with Crippen molar-refractivity contribution in [2.24, 2.45) is 0 Å². The third-order valence-corrected chi connectivity index (χ3v) is 6.79. The van der Waals surface area contributed by atoms with Crippen LogP contribution in [0.5, 0.6) is 0 Å². The normalized spacial score (nSPS) is 11.4. The van der Waals surface area contributed by atoms with Crippen LogP contribution in [-0.4, -0.2) is 52.9 Å². The number of carbonyl (C=O) groups is 2. The first-order valence-corrected chi connectivity index (χ1v) is 12.0. The van der Waals surface area contributed by atoms with Crippen LogP contribution in [0, 0.1) is 5.82 Å². The van der Waals surface area contributed by atoms with Gasteiger partial charge in [0, 0.05) is 24.3 Å². The summed E-state index contributed by atoms with van der Waals surface area (Å²) in [7, 11) is -2.62.